The van der Waals surface area contributed by atoms with Crippen LogP contribution in [0.15, 0.2) is 42.5 Å². The third-order valence-electron chi connectivity index (χ3n) is 4.40. The van der Waals surface area contributed by atoms with Gasteiger partial charge in [0.05, 0.1) is 13.7 Å². The Kier molecular flexibility index (Phi) is 5.61. The SMILES string of the molecule is COc1ccc(C2CCN(C)C(=O)O2)cc1OCCc1ccc(F)cc1. The zero-order valence-electron chi connectivity index (χ0n) is 14.9. The van der Waals surface area contributed by atoms with Crippen LogP contribution in [0.25, 0.3) is 0 Å². The summed E-state index contributed by atoms with van der Waals surface area (Å²) in [4.78, 5) is 13.3. The summed E-state index contributed by atoms with van der Waals surface area (Å²) in [6, 6.07) is 11.9. The van der Waals surface area contributed by atoms with E-state index in [9.17, 15) is 9.18 Å². The van der Waals surface area contributed by atoms with Crippen LogP contribution in [-0.2, 0) is 11.2 Å². The molecule has 3 rings (SSSR count). The number of benzene rings is 2. The molecule has 138 valence electrons. The zero-order valence-corrected chi connectivity index (χ0v) is 14.9. The Bertz CT molecular complexity index is 763. The van der Waals surface area contributed by atoms with E-state index in [1.165, 1.54) is 12.1 Å². The van der Waals surface area contributed by atoms with Gasteiger partial charge in [0.1, 0.15) is 11.9 Å². The predicted molar refractivity (Wildman–Crippen MR) is 95.1 cm³/mol. The van der Waals surface area contributed by atoms with Crippen LogP contribution in [0, 0.1) is 5.82 Å². The van der Waals surface area contributed by atoms with Crippen molar-refractivity contribution in [3.8, 4) is 11.5 Å². The highest BCUT2D eigenvalue weighted by Crippen LogP contribution is 2.34. The fraction of sp³-hybridized carbons (Fsp3) is 0.350. The first-order chi connectivity index (χ1) is 12.6. The lowest BCUT2D eigenvalue weighted by atomic mass is 10.0. The van der Waals surface area contributed by atoms with E-state index in [2.05, 4.69) is 0 Å². The number of carbonyl (C=O) groups is 1. The summed E-state index contributed by atoms with van der Waals surface area (Å²) >= 11 is 0. The predicted octanol–water partition coefficient (Wildman–Crippen LogP) is 3.97. The Balaban J connectivity index is 1.67. The van der Waals surface area contributed by atoms with Crippen molar-refractivity contribution < 1.29 is 23.4 Å². The summed E-state index contributed by atoms with van der Waals surface area (Å²) < 4.78 is 29.6. The van der Waals surface area contributed by atoms with E-state index in [0.717, 1.165) is 17.5 Å². The van der Waals surface area contributed by atoms with Gasteiger partial charge in [0.2, 0.25) is 0 Å². The van der Waals surface area contributed by atoms with Crippen LogP contribution in [-0.4, -0.2) is 38.3 Å². The minimum Gasteiger partial charge on any atom is -0.493 e. The lowest BCUT2D eigenvalue weighted by Crippen LogP contribution is -2.35. The van der Waals surface area contributed by atoms with Crippen molar-refractivity contribution in [2.45, 2.75) is 18.9 Å². The van der Waals surface area contributed by atoms with Gasteiger partial charge in [-0.25, -0.2) is 9.18 Å². The molecule has 0 bridgehead atoms. The molecule has 0 spiro atoms. The Morgan fingerprint density at radius 3 is 2.65 bits per heavy atom. The van der Waals surface area contributed by atoms with E-state index in [0.29, 0.717) is 31.1 Å². The summed E-state index contributed by atoms with van der Waals surface area (Å²) in [5, 5.41) is 0. The van der Waals surface area contributed by atoms with E-state index in [4.69, 9.17) is 14.2 Å². The van der Waals surface area contributed by atoms with Gasteiger partial charge in [-0.05, 0) is 35.4 Å². The molecule has 1 aliphatic heterocycles. The van der Waals surface area contributed by atoms with E-state index < -0.39 is 0 Å². The maximum Gasteiger partial charge on any atom is 0.410 e. The molecule has 6 heteroatoms. The average Bonchev–Trinajstić information content (AvgIpc) is 2.65. The molecule has 0 radical (unpaired) electrons. The van der Waals surface area contributed by atoms with Crippen molar-refractivity contribution >= 4 is 6.09 Å². The molecule has 2 aromatic carbocycles. The summed E-state index contributed by atoms with van der Waals surface area (Å²) in [5.74, 6) is 0.964. The molecule has 1 saturated heterocycles. The number of hydrogen-bond acceptors (Lipinski definition) is 4. The third-order valence-corrected chi connectivity index (χ3v) is 4.40. The lowest BCUT2D eigenvalue weighted by molar-refractivity contribution is 0.0323. The number of ether oxygens (including phenoxy) is 3. The van der Waals surface area contributed by atoms with Crippen molar-refractivity contribution in [3.63, 3.8) is 0 Å². The van der Waals surface area contributed by atoms with Crippen molar-refractivity contribution in [2.75, 3.05) is 27.3 Å². The van der Waals surface area contributed by atoms with Gasteiger partial charge < -0.3 is 19.1 Å². The Morgan fingerprint density at radius 1 is 1.19 bits per heavy atom. The fourth-order valence-corrected chi connectivity index (χ4v) is 2.84. The second-order valence-corrected chi connectivity index (χ2v) is 6.22. The number of methoxy groups -OCH3 is 1. The molecular formula is C20H22FNO4. The molecule has 0 aliphatic carbocycles. The molecule has 0 N–H and O–H groups in total. The molecule has 26 heavy (non-hydrogen) atoms. The quantitative estimate of drug-likeness (QED) is 0.783. The topological polar surface area (TPSA) is 48.0 Å². The van der Waals surface area contributed by atoms with Crippen LogP contribution >= 0.6 is 0 Å². The standard InChI is InChI=1S/C20H22FNO4/c1-22-11-9-17(26-20(22)23)15-5-8-18(24-2)19(13-15)25-12-10-14-3-6-16(21)7-4-14/h3-8,13,17H,9-12H2,1-2H3. The largest absolute Gasteiger partial charge is 0.493 e. The number of halogens is 1. The number of carbonyl (C=O) groups excluding carboxylic acids is 1. The molecule has 1 fully saturated rings. The van der Waals surface area contributed by atoms with Crippen molar-refractivity contribution in [1.29, 1.82) is 0 Å². The lowest BCUT2D eigenvalue weighted by Gasteiger charge is -2.29. The minimum atomic E-state index is -0.323. The Morgan fingerprint density at radius 2 is 1.96 bits per heavy atom. The van der Waals surface area contributed by atoms with E-state index in [1.807, 2.05) is 18.2 Å². The fourth-order valence-electron chi connectivity index (χ4n) is 2.84. The number of nitrogens with zero attached hydrogens (tertiary/aromatic N) is 1. The number of hydrogen-bond donors (Lipinski definition) is 0. The van der Waals surface area contributed by atoms with E-state index in [-0.39, 0.29) is 18.0 Å². The smallest absolute Gasteiger partial charge is 0.410 e. The average molecular weight is 359 g/mol. The van der Waals surface area contributed by atoms with Crippen LogP contribution < -0.4 is 9.47 Å². The van der Waals surface area contributed by atoms with Gasteiger partial charge >= 0.3 is 6.09 Å². The summed E-state index contributed by atoms with van der Waals surface area (Å²) in [6.07, 6.45) is 0.764. The Hall–Kier alpha value is -2.76. The molecule has 1 heterocycles. The second kappa shape index (κ2) is 8.08. The molecule has 1 amide bonds. The number of cyclic esters (lactones) is 1. The van der Waals surface area contributed by atoms with Crippen LogP contribution in [0.2, 0.25) is 0 Å². The first-order valence-corrected chi connectivity index (χ1v) is 8.54. The maximum atomic E-state index is 13.0. The molecular weight excluding hydrogens is 337 g/mol. The molecule has 1 aliphatic rings. The second-order valence-electron chi connectivity index (χ2n) is 6.22. The molecule has 5 nitrogen and oxygen atoms in total. The first-order valence-electron chi connectivity index (χ1n) is 8.54. The highest BCUT2D eigenvalue weighted by atomic mass is 19.1. The van der Waals surface area contributed by atoms with Gasteiger partial charge in [0, 0.05) is 26.4 Å². The zero-order chi connectivity index (χ0) is 18.5. The highest BCUT2D eigenvalue weighted by Gasteiger charge is 2.26. The number of rotatable bonds is 6. The van der Waals surface area contributed by atoms with Crippen LogP contribution in [0.3, 0.4) is 0 Å². The van der Waals surface area contributed by atoms with Gasteiger partial charge in [-0.2, -0.15) is 0 Å². The molecule has 0 aromatic heterocycles. The normalized spacial score (nSPS) is 17.0. The van der Waals surface area contributed by atoms with Gasteiger partial charge in [0.15, 0.2) is 11.5 Å². The first kappa shape index (κ1) is 18.0. The molecule has 1 unspecified atom stereocenters. The molecule has 0 saturated carbocycles. The van der Waals surface area contributed by atoms with E-state index in [1.54, 1.807) is 31.2 Å². The monoisotopic (exact) mass is 359 g/mol. The van der Waals surface area contributed by atoms with Crippen LogP contribution in [0.1, 0.15) is 23.7 Å². The van der Waals surface area contributed by atoms with Gasteiger partial charge in [-0.3, -0.25) is 0 Å². The van der Waals surface area contributed by atoms with Crippen molar-refractivity contribution in [2.24, 2.45) is 0 Å². The molecule has 2 aromatic rings. The van der Waals surface area contributed by atoms with Crippen molar-refractivity contribution in [1.82, 2.24) is 4.90 Å². The highest BCUT2D eigenvalue weighted by molar-refractivity contribution is 5.68. The van der Waals surface area contributed by atoms with E-state index >= 15 is 0 Å². The third kappa shape index (κ3) is 4.25. The van der Waals surface area contributed by atoms with Gasteiger partial charge in [0.25, 0.3) is 0 Å². The minimum absolute atomic E-state index is 0.253. The summed E-state index contributed by atoms with van der Waals surface area (Å²) in [6.45, 7) is 1.08. The summed E-state index contributed by atoms with van der Waals surface area (Å²) in [5.41, 5.74) is 1.87. The molecule has 1 atom stereocenters. The van der Waals surface area contributed by atoms with Crippen LogP contribution in [0.5, 0.6) is 11.5 Å². The van der Waals surface area contributed by atoms with Gasteiger partial charge in [-0.1, -0.05) is 18.2 Å². The number of amides is 1. The van der Waals surface area contributed by atoms with Gasteiger partial charge in [-0.15, -0.1) is 0 Å². The Labute approximate surface area is 152 Å². The summed E-state index contributed by atoms with van der Waals surface area (Å²) in [7, 11) is 3.30. The maximum absolute atomic E-state index is 13.0. The van der Waals surface area contributed by atoms with Crippen LogP contribution in [0.4, 0.5) is 9.18 Å². The van der Waals surface area contributed by atoms with Crippen molar-refractivity contribution in [3.05, 3.63) is 59.4 Å².